The molecule has 10 heteroatoms. The normalized spacial score (nSPS) is 13.0. The van der Waals surface area contributed by atoms with E-state index in [1.54, 1.807) is 19.6 Å². The molecule has 0 saturated heterocycles. The lowest BCUT2D eigenvalue weighted by Gasteiger charge is -2.27. The van der Waals surface area contributed by atoms with Gasteiger partial charge in [-0.3, -0.25) is 0 Å². The molecule has 0 aliphatic carbocycles. The van der Waals surface area contributed by atoms with Crippen LogP contribution in [0.5, 0.6) is 11.5 Å². The maximum absolute atomic E-state index is 6.02. The van der Waals surface area contributed by atoms with Gasteiger partial charge in [0.05, 0.1) is 17.8 Å². The number of para-hydroxylation sites is 1. The zero-order valence-electron chi connectivity index (χ0n) is 18.5. The first kappa shape index (κ1) is 24.0. The van der Waals surface area contributed by atoms with E-state index in [9.17, 15) is 0 Å². The molecule has 3 rings (SSSR count). The Morgan fingerprint density at radius 3 is 2.78 bits per heavy atom. The fraction of sp³-hybridized carbons (Fsp3) is 0.318. The molecule has 0 saturated carbocycles. The van der Waals surface area contributed by atoms with Crippen molar-refractivity contribution >= 4 is 44.6 Å². The van der Waals surface area contributed by atoms with Gasteiger partial charge in [0.2, 0.25) is 0 Å². The predicted molar refractivity (Wildman–Crippen MR) is 133 cm³/mol. The van der Waals surface area contributed by atoms with Gasteiger partial charge < -0.3 is 25.1 Å². The lowest BCUT2D eigenvalue weighted by molar-refractivity contribution is 0.00683. The summed E-state index contributed by atoms with van der Waals surface area (Å²) in [5.74, 6) is 1.93. The monoisotopic (exact) mass is 518 g/mol. The van der Waals surface area contributed by atoms with E-state index in [2.05, 4.69) is 36.8 Å². The number of halogens is 1. The van der Waals surface area contributed by atoms with Crippen LogP contribution >= 0.6 is 27.3 Å². The SMILES string of the molecule is COC(C)(CN/N=C/N(C)C)Cc1csc(Nc2ncc(Br)cc2Oc2ccccc2)n1. The van der Waals surface area contributed by atoms with E-state index in [0.717, 1.165) is 21.0 Å². The van der Waals surface area contributed by atoms with Crippen molar-refractivity contribution in [3.8, 4) is 11.5 Å². The van der Waals surface area contributed by atoms with Crippen molar-refractivity contribution in [3.63, 3.8) is 0 Å². The van der Waals surface area contributed by atoms with Gasteiger partial charge >= 0.3 is 0 Å². The first-order chi connectivity index (χ1) is 15.4. The van der Waals surface area contributed by atoms with E-state index >= 15 is 0 Å². The molecule has 1 unspecified atom stereocenters. The van der Waals surface area contributed by atoms with Gasteiger partial charge in [-0.15, -0.1) is 11.3 Å². The third kappa shape index (κ3) is 7.18. The van der Waals surface area contributed by atoms with Crippen molar-refractivity contribution in [2.75, 3.05) is 33.1 Å². The molecule has 1 aromatic carbocycles. The number of nitrogens with zero attached hydrogens (tertiary/aromatic N) is 4. The van der Waals surface area contributed by atoms with Crippen LogP contribution in [-0.2, 0) is 11.2 Å². The summed E-state index contributed by atoms with van der Waals surface area (Å²) in [5.41, 5.74) is 3.51. The van der Waals surface area contributed by atoms with Gasteiger partial charge in [0.25, 0.3) is 0 Å². The summed E-state index contributed by atoms with van der Waals surface area (Å²) in [6.07, 6.45) is 4.06. The van der Waals surface area contributed by atoms with Gasteiger partial charge in [0.15, 0.2) is 16.7 Å². The first-order valence-electron chi connectivity index (χ1n) is 9.94. The van der Waals surface area contributed by atoms with Crippen molar-refractivity contribution < 1.29 is 9.47 Å². The van der Waals surface area contributed by atoms with E-state index in [4.69, 9.17) is 14.5 Å². The van der Waals surface area contributed by atoms with Crippen LogP contribution in [-0.4, -0.2) is 54.6 Å². The molecule has 2 N–H and O–H groups in total. The fourth-order valence-corrected chi connectivity index (χ4v) is 3.73. The molecule has 0 amide bonds. The Bertz CT molecular complexity index is 1030. The van der Waals surface area contributed by atoms with Crippen LogP contribution in [0.15, 0.2) is 57.5 Å². The van der Waals surface area contributed by atoms with E-state index in [0.29, 0.717) is 24.5 Å². The van der Waals surface area contributed by atoms with Crippen LogP contribution in [0.4, 0.5) is 10.9 Å². The molecule has 8 nitrogen and oxygen atoms in total. The average molecular weight is 519 g/mol. The maximum Gasteiger partial charge on any atom is 0.188 e. The second-order valence-electron chi connectivity index (χ2n) is 7.56. The minimum atomic E-state index is -0.452. The van der Waals surface area contributed by atoms with E-state index < -0.39 is 5.60 Å². The molecule has 1 atom stereocenters. The predicted octanol–water partition coefficient (Wildman–Crippen LogP) is 4.88. The fourth-order valence-electron chi connectivity index (χ4n) is 2.71. The van der Waals surface area contributed by atoms with Crippen molar-refractivity contribution in [2.45, 2.75) is 18.9 Å². The highest BCUT2D eigenvalue weighted by molar-refractivity contribution is 9.10. The van der Waals surface area contributed by atoms with Crippen molar-refractivity contribution in [2.24, 2.45) is 5.10 Å². The lowest BCUT2D eigenvalue weighted by atomic mass is 10.0. The van der Waals surface area contributed by atoms with Crippen LogP contribution in [0.3, 0.4) is 0 Å². The number of methoxy groups -OCH3 is 1. The van der Waals surface area contributed by atoms with Gasteiger partial charge in [-0.1, -0.05) is 18.2 Å². The molecule has 0 aliphatic heterocycles. The molecule has 0 spiro atoms. The summed E-state index contributed by atoms with van der Waals surface area (Å²) >= 11 is 4.96. The number of hydrogen-bond donors (Lipinski definition) is 2. The van der Waals surface area contributed by atoms with E-state index in [-0.39, 0.29) is 0 Å². The van der Waals surface area contributed by atoms with Crippen LogP contribution < -0.4 is 15.5 Å². The Morgan fingerprint density at radius 2 is 2.06 bits per heavy atom. The lowest BCUT2D eigenvalue weighted by Crippen LogP contribution is -2.40. The van der Waals surface area contributed by atoms with Crippen LogP contribution in [0.25, 0.3) is 0 Å². The first-order valence-corrected chi connectivity index (χ1v) is 11.6. The smallest absolute Gasteiger partial charge is 0.188 e. The van der Waals surface area contributed by atoms with Gasteiger partial charge in [-0.2, -0.15) is 5.10 Å². The number of nitrogens with one attached hydrogen (secondary N) is 2. The van der Waals surface area contributed by atoms with E-state index in [1.807, 2.05) is 67.7 Å². The summed E-state index contributed by atoms with van der Waals surface area (Å²) in [6.45, 7) is 2.58. The average Bonchev–Trinajstić information content (AvgIpc) is 3.20. The number of rotatable bonds is 11. The van der Waals surface area contributed by atoms with Crippen molar-refractivity contribution in [3.05, 3.63) is 58.1 Å². The number of hydrogen-bond acceptors (Lipinski definition) is 8. The number of pyridine rings is 1. The third-order valence-electron chi connectivity index (χ3n) is 4.45. The minimum absolute atomic E-state index is 0.452. The largest absolute Gasteiger partial charge is 0.453 e. The number of anilines is 2. The quantitative estimate of drug-likeness (QED) is 0.212. The highest BCUT2D eigenvalue weighted by atomic mass is 79.9. The number of aromatic nitrogens is 2. The molecule has 2 heterocycles. The molecular formula is C22H27BrN6O2S. The summed E-state index contributed by atoms with van der Waals surface area (Å²) in [5, 5.41) is 10.2. The summed E-state index contributed by atoms with van der Waals surface area (Å²) in [6, 6.07) is 11.5. The minimum Gasteiger partial charge on any atom is -0.453 e. The number of benzene rings is 1. The second-order valence-corrected chi connectivity index (χ2v) is 9.33. The zero-order valence-corrected chi connectivity index (χ0v) is 20.9. The van der Waals surface area contributed by atoms with Gasteiger partial charge in [-0.05, 0) is 35.0 Å². The molecule has 0 aliphatic rings. The summed E-state index contributed by atoms with van der Waals surface area (Å²) < 4.78 is 12.6. The Labute approximate surface area is 200 Å². The molecule has 0 bridgehead atoms. The zero-order chi connectivity index (χ0) is 23.0. The second kappa shape index (κ2) is 11.3. The number of hydrazone groups is 1. The molecule has 3 aromatic rings. The van der Waals surface area contributed by atoms with Crippen molar-refractivity contribution in [1.29, 1.82) is 0 Å². The highest BCUT2D eigenvalue weighted by Crippen LogP contribution is 2.33. The van der Waals surface area contributed by atoms with Crippen molar-refractivity contribution in [1.82, 2.24) is 20.3 Å². The Morgan fingerprint density at radius 1 is 1.28 bits per heavy atom. The number of thiazole rings is 1. The van der Waals surface area contributed by atoms with Crippen LogP contribution in [0.1, 0.15) is 12.6 Å². The highest BCUT2D eigenvalue weighted by Gasteiger charge is 2.25. The Kier molecular flexibility index (Phi) is 8.43. The molecule has 170 valence electrons. The van der Waals surface area contributed by atoms with Gasteiger partial charge in [0, 0.05) is 49.7 Å². The molecule has 0 radical (unpaired) electrons. The molecular weight excluding hydrogens is 492 g/mol. The third-order valence-corrected chi connectivity index (χ3v) is 5.69. The number of ether oxygens (including phenoxy) is 2. The maximum atomic E-state index is 6.02. The van der Waals surface area contributed by atoms with Crippen LogP contribution in [0, 0.1) is 0 Å². The Balaban J connectivity index is 1.68. The molecule has 32 heavy (non-hydrogen) atoms. The van der Waals surface area contributed by atoms with E-state index in [1.165, 1.54) is 11.3 Å². The molecule has 2 aromatic heterocycles. The Hall–Kier alpha value is -2.69. The topological polar surface area (TPSA) is 83.9 Å². The van der Waals surface area contributed by atoms with Crippen LogP contribution in [0.2, 0.25) is 0 Å². The summed E-state index contributed by atoms with van der Waals surface area (Å²) in [7, 11) is 5.53. The molecule has 0 fully saturated rings. The standard InChI is InChI=1S/C22H27BrN6O2S/c1-22(30-4,14-25-26-15-29(2)3)11-17-13-32-21(27-17)28-20-19(10-16(23)12-24-20)31-18-8-6-5-7-9-18/h5-10,12-13,15,25H,11,14H2,1-4H3,(H,24,27,28)/b26-15+. The van der Waals surface area contributed by atoms with Gasteiger partial charge in [-0.25, -0.2) is 9.97 Å². The van der Waals surface area contributed by atoms with Gasteiger partial charge in [0.1, 0.15) is 12.1 Å². The summed E-state index contributed by atoms with van der Waals surface area (Å²) in [4.78, 5) is 11.0.